The number of halogens is 2. The van der Waals surface area contributed by atoms with Gasteiger partial charge in [0.25, 0.3) is 0 Å². The first-order valence-corrected chi connectivity index (χ1v) is 11.6. The van der Waals surface area contributed by atoms with Crippen molar-refractivity contribution in [2.75, 3.05) is 13.2 Å². The molecule has 0 saturated carbocycles. The molecule has 0 radical (unpaired) electrons. The van der Waals surface area contributed by atoms with Crippen LogP contribution in [-0.4, -0.2) is 31.2 Å². The summed E-state index contributed by atoms with van der Waals surface area (Å²) in [4.78, 5) is 25.2. The van der Waals surface area contributed by atoms with Crippen LogP contribution in [0.25, 0.3) is 0 Å². The molecule has 0 fully saturated rings. The van der Waals surface area contributed by atoms with Gasteiger partial charge in [0.2, 0.25) is 5.91 Å². The number of nitrogens with one attached hydrogen (secondary N) is 2. The Morgan fingerprint density at radius 2 is 1.53 bits per heavy atom. The van der Waals surface area contributed by atoms with E-state index in [1.165, 1.54) is 0 Å². The number of hydrogen-bond donors (Lipinski definition) is 2. The maximum absolute atomic E-state index is 12.8. The van der Waals surface area contributed by atoms with Gasteiger partial charge < -0.3 is 20.1 Å². The first-order chi connectivity index (χ1) is 16.5. The Morgan fingerprint density at radius 1 is 0.853 bits per heavy atom. The molecule has 34 heavy (non-hydrogen) atoms. The molecule has 0 saturated heterocycles. The lowest BCUT2D eigenvalue weighted by molar-refractivity contribution is -0.123. The summed E-state index contributed by atoms with van der Waals surface area (Å²) in [6.07, 6.45) is 0.262. The Balaban J connectivity index is 1.48. The molecular formula is C26H26Cl2N2O4. The summed E-state index contributed by atoms with van der Waals surface area (Å²) in [5.74, 6) is 0.306. The van der Waals surface area contributed by atoms with Crippen LogP contribution in [0.1, 0.15) is 17.5 Å². The zero-order valence-corrected chi connectivity index (χ0v) is 20.0. The standard InChI is InChI=1S/C26H26Cl2N2O4/c27-22-13-12-21(17-23(22)28)33-15-7-14-29-25(31)24(16-19-8-3-1-4-9-19)30-26(32)34-18-20-10-5-2-6-11-20/h1-6,8-13,17,24H,7,14-16,18H2,(H,29,31)(H,30,32). The second-order valence-corrected chi connectivity index (χ2v) is 8.33. The third-order valence-electron chi connectivity index (χ3n) is 4.88. The number of carbonyl (C=O) groups excluding carboxylic acids is 2. The lowest BCUT2D eigenvalue weighted by Gasteiger charge is -2.19. The van der Waals surface area contributed by atoms with Crippen molar-refractivity contribution in [3.05, 3.63) is 100 Å². The Hall–Kier alpha value is -3.22. The molecule has 0 aliphatic carbocycles. The molecule has 0 spiro atoms. The van der Waals surface area contributed by atoms with Gasteiger partial charge in [-0.05, 0) is 29.7 Å². The van der Waals surface area contributed by atoms with E-state index in [-0.39, 0.29) is 12.5 Å². The van der Waals surface area contributed by atoms with Gasteiger partial charge in [-0.3, -0.25) is 4.79 Å². The van der Waals surface area contributed by atoms with E-state index in [1.807, 2.05) is 60.7 Å². The Bertz CT molecular complexity index is 1060. The predicted octanol–water partition coefficient (Wildman–Crippen LogP) is 5.42. The molecule has 6 nitrogen and oxygen atoms in total. The van der Waals surface area contributed by atoms with Gasteiger partial charge in [-0.15, -0.1) is 0 Å². The molecule has 0 aromatic heterocycles. The topological polar surface area (TPSA) is 76.7 Å². The largest absolute Gasteiger partial charge is 0.493 e. The third kappa shape index (κ3) is 8.61. The summed E-state index contributed by atoms with van der Waals surface area (Å²) in [5, 5.41) is 6.41. The van der Waals surface area contributed by atoms with Gasteiger partial charge in [0.15, 0.2) is 0 Å². The highest BCUT2D eigenvalue weighted by Gasteiger charge is 2.21. The maximum atomic E-state index is 12.8. The van der Waals surface area contributed by atoms with Crippen LogP contribution in [0.3, 0.4) is 0 Å². The predicted molar refractivity (Wildman–Crippen MR) is 133 cm³/mol. The normalized spacial score (nSPS) is 11.4. The van der Waals surface area contributed by atoms with Crippen molar-refractivity contribution in [1.82, 2.24) is 10.6 Å². The van der Waals surface area contributed by atoms with Gasteiger partial charge in [-0.2, -0.15) is 0 Å². The lowest BCUT2D eigenvalue weighted by atomic mass is 10.1. The second kappa shape index (κ2) is 13.5. The van der Waals surface area contributed by atoms with Crippen molar-refractivity contribution in [1.29, 1.82) is 0 Å². The van der Waals surface area contributed by atoms with E-state index in [1.54, 1.807) is 18.2 Å². The lowest BCUT2D eigenvalue weighted by Crippen LogP contribution is -2.48. The van der Waals surface area contributed by atoms with Gasteiger partial charge >= 0.3 is 6.09 Å². The fourth-order valence-corrected chi connectivity index (χ4v) is 3.42. The van der Waals surface area contributed by atoms with Crippen molar-refractivity contribution < 1.29 is 19.1 Å². The van der Waals surface area contributed by atoms with Crippen LogP contribution in [0.2, 0.25) is 10.0 Å². The fourth-order valence-electron chi connectivity index (χ4n) is 3.13. The molecule has 0 bridgehead atoms. The molecule has 2 N–H and O–H groups in total. The van der Waals surface area contributed by atoms with E-state index in [2.05, 4.69) is 10.6 Å². The Kier molecular flexibility index (Phi) is 10.1. The summed E-state index contributed by atoms with van der Waals surface area (Å²) in [5.41, 5.74) is 1.79. The number of amides is 2. The van der Waals surface area contributed by atoms with E-state index >= 15 is 0 Å². The zero-order chi connectivity index (χ0) is 24.2. The Morgan fingerprint density at radius 3 is 2.21 bits per heavy atom. The van der Waals surface area contributed by atoms with Gasteiger partial charge in [-0.1, -0.05) is 83.9 Å². The van der Waals surface area contributed by atoms with Crippen LogP contribution in [0, 0.1) is 0 Å². The average Bonchev–Trinajstić information content (AvgIpc) is 2.85. The van der Waals surface area contributed by atoms with Crippen molar-refractivity contribution in [3.63, 3.8) is 0 Å². The minimum absolute atomic E-state index is 0.123. The van der Waals surface area contributed by atoms with Crippen molar-refractivity contribution in [2.45, 2.75) is 25.5 Å². The van der Waals surface area contributed by atoms with Gasteiger partial charge in [0, 0.05) is 19.0 Å². The smallest absolute Gasteiger partial charge is 0.408 e. The molecule has 3 aromatic rings. The van der Waals surface area contributed by atoms with E-state index in [9.17, 15) is 9.59 Å². The van der Waals surface area contributed by atoms with Crippen LogP contribution in [-0.2, 0) is 22.6 Å². The summed E-state index contributed by atoms with van der Waals surface area (Å²) in [6, 6.07) is 23.1. The van der Waals surface area contributed by atoms with Crippen LogP contribution < -0.4 is 15.4 Å². The van der Waals surface area contributed by atoms with E-state index in [0.717, 1.165) is 11.1 Å². The van der Waals surface area contributed by atoms with Crippen molar-refractivity contribution >= 4 is 35.2 Å². The van der Waals surface area contributed by atoms with Gasteiger partial charge in [0.1, 0.15) is 18.4 Å². The van der Waals surface area contributed by atoms with Gasteiger partial charge in [-0.25, -0.2) is 4.79 Å². The molecule has 1 atom stereocenters. The molecule has 2 amide bonds. The van der Waals surface area contributed by atoms with E-state index in [4.69, 9.17) is 32.7 Å². The van der Waals surface area contributed by atoms with Crippen LogP contribution in [0.5, 0.6) is 5.75 Å². The van der Waals surface area contributed by atoms with Crippen molar-refractivity contribution in [2.24, 2.45) is 0 Å². The highest BCUT2D eigenvalue weighted by Crippen LogP contribution is 2.26. The summed E-state index contributed by atoms with van der Waals surface area (Å²) >= 11 is 11.9. The van der Waals surface area contributed by atoms with Crippen molar-refractivity contribution in [3.8, 4) is 5.75 Å². The highest BCUT2D eigenvalue weighted by atomic mass is 35.5. The number of carbonyl (C=O) groups is 2. The number of ether oxygens (including phenoxy) is 2. The van der Waals surface area contributed by atoms with E-state index < -0.39 is 12.1 Å². The molecular weight excluding hydrogens is 475 g/mol. The molecule has 8 heteroatoms. The highest BCUT2D eigenvalue weighted by molar-refractivity contribution is 6.42. The minimum atomic E-state index is -0.776. The molecule has 0 heterocycles. The molecule has 3 aromatic carbocycles. The Labute approximate surface area is 209 Å². The van der Waals surface area contributed by atoms with Gasteiger partial charge in [0.05, 0.1) is 16.7 Å². The number of benzene rings is 3. The van der Waals surface area contributed by atoms with Crippen LogP contribution in [0.15, 0.2) is 78.9 Å². The molecule has 0 aliphatic rings. The number of hydrogen-bond acceptors (Lipinski definition) is 4. The zero-order valence-electron chi connectivity index (χ0n) is 18.5. The third-order valence-corrected chi connectivity index (χ3v) is 5.62. The average molecular weight is 501 g/mol. The quantitative estimate of drug-likeness (QED) is 0.344. The summed E-state index contributed by atoms with van der Waals surface area (Å²) in [6.45, 7) is 0.888. The summed E-state index contributed by atoms with van der Waals surface area (Å²) in [7, 11) is 0. The second-order valence-electron chi connectivity index (χ2n) is 7.52. The van der Waals surface area contributed by atoms with Crippen LogP contribution in [0.4, 0.5) is 4.79 Å². The fraction of sp³-hybridized carbons (Fsp3) is 0.231. The SMILES string of the molecule is O=C(NC(Cc1ccccc1)C(=O)NCCCOc1ccc(Cl)c(Cl)c1)OCc1ccccc1. The monoisotopic (exact) mass is 500 g/mol. The molecule has 1 unspecified atom stereocenters. The van der Waals surface area contributed by atoms with E-state index in [0.29, 0.717) is 41.8 Å². The van der Waals surface area contributed by atoms with Crippen LogP contribution >= 0.6 is 23.2 Å². The molecule has 3 rings (SSSR count). The number of alkyl carbamates (subject to hydrolysis) is 1. The summed E-state index contributed by atoms with van der Waals surface area (Å²) < 4.78 is 10.9. The first kappa shape index (κ1) is 25.4. The minimum Gasteiger partial charge on any atom is -0.493 e. The maximum Gasteiger partial charge on any atom is 0.408 e. The molecule has 0 aliphatic heterocycles. The first-order valence-electron chi connectivity index (χ1n) is 10.9. The molecule has 178 valence electrons. The number of rotatable bonds is 11.